The topological polar surface area (TPSA) is 151 Å². The minimum atomic E-state index is -1.82. The van der Waals surface area contributed by atoms with E-state index in [0.29, 0.717) is 18.4 Å². The van der Waals surface area contributed by atoms with Crippen LogP contribution in [0.4, 0.5) is 4.79 Å². The van der Waals surface area contributed by atoms with E-state index in [0.717, 1.165) is 19.3 Å². The van der Waals surface area contributed by atoms with Gasteiger partial charge in [-0.2, -0.15) is 0 Å². The first kappa shape index (κ1) is 34.9. The molecule has 0 saturated carbocycles. The largest absolute Gasteiger partial charge is 0.508 e. The maximum atomic E-state index is 12.7. The van der Waals surface area contributed by atoms with Crippen LogP contribution in [0.2, 0.25) is 0 Å². The minimum absolute atomic E-state index is 0.00756. The quantitative estimate of drug-likeness (QED) is 0.178. The summed E-state index contributed by atoms with van der Waals surface area (Å²) in [5, 5.41) is 9.97. The van der Waals surface area contributed by atoms with Crippen LogP contribution in [0.3, 0.4) is 0 Å². The van der Waals surface area contributed by atoms with Crippen LogP contribution in [-0.4, -0.2) is 47.4 Å². The van der Waals surface area contributed by atoms with Crippen molar-refractivity contribution in [2.75, 3.05) is 6.61 Å². The number of esters is 2. The van der Waals surface area contributed by atoms with E-state index < -0.39 is 35.7 Å². The molecule has 0 heterocycles. The van der Waals surface area contributed by atoms with Gasteiger partial charge in [0.1, 0.15) is 11.6 Å². The molecule has 1 aromatic carbocycles. The van der Waals surface area contributed by atoms with Gasteiger partial charge in [-0.05, 0) is 43.4 Å². The maximum absolute atomic E-state index is 12.7. The molecule has 0 radical (unpaired) electrons. The second-order valence-electron chi connectivity index (χ2n) is 10.8. The van der Waals surface area contributed by atoms with Crippen LogP contribution in [0, 0.1) is 17.8 Å². The summed E-state index contributed by atoms with van der Waals surface area (Å²) in [6.07, 6.45) is 1.56. The highest BCUT2D eigenvalue weighted by Gasteiger charge is 2.37. The number of carboxylic acid groups (broad SMARTS) is 1. The van der Waals surface area contributed by atoms with Crippen molar-refractivity contribution in [1.29, 1.82) is 0 Å². The Bertz CT molecular complexity index is 995. The number of carbonyl (C=O) groups is 4. The number of benzene rings is 1. The van der Waals surface area contributed by atoms with Gasteiger partial charge in [-0.15, -0.1) is 0 Å². The monoisotopic (exact) mass is 565 g/mol. The number of ether oxygens (including phenoxy) is 4. The molecule has 0 aliphatic carbocycles. The summed E-state index contributed by atoms with van der Waals surface area (Å²) in [7, 11) is 0. The molecule has 0 aliphatic heterocycles. The van der Waals surface area contributed by atoms with Crippen LogP contribution < -0.4 is 15.2 Å². The van der Waals surface area contributed by atoms with Crippen LogP contribution in [0.5, 0.6) is 11.5 Å². The maximum Gasteiger partial charge on any atom is 0.508 e. The Morgan fingerprint density at radius 2 is 1.45 bits per heavy atom. The van der Waals surface area contributed by atoms with E-state index in [1.165, 1.54) is 19.1 Å². The Balaban J connectivity index is 3.17. The second kappa shape index (κ2) is 16.8. The summed E-state index contributed by atoms with van der Waals surface area (Å²) in [5.74, 6) is -2.75. The first-order valence-corrected chi connectivity index (χ1v) is 14.2. The van der Waals surface area contributed by atoms with E-state index in [1.807, 2.05) is 27.7 Å². The summed E-state index contributed by atoms with van der Waals surface area (Å²) in [6.45, 7) is 13.1. The summed E-state index contributed by atoms with van der Waals surface area (Å²) in [5.41, 5.74) is 4.92. The fourth-order valence-electron chi connectivity index (χ4n) is 4.03. The van der Waals surface area contributed by atoms with Crippen molar-refractivity contribution in [2.24, 2.45) is 23.5 Å². The van der Waals surface area contributed by atoms with Crippen LogP contribution in [-0.2, 0) is 30.3 Å². The Morgan fingerprint density at radius 3 is 1.95 bits per heavy atom. The van der Waals surface area contributed by atoms with Crippen LogP contribution >= 0.6 is 0 Å². The SMILES string of the molecule is CCCC(C)C(=O)Oc1ccc(CC(N)(C[C@H](C)OC(=O)OCC(C)CC)C(=O)O)cc1OC(=O)C(C)CCC. The Labute approximate surface area is 237 Å². The highest BCUT2D eigenvalue weighted by molar-refractivity contribution is 5.80. The number of rotatable bonds is 17. The first-order valence-electron chi connectivity index (χ1n) is 14.2. The lowest BCUT2D eigenvalue weighted by atomic mass is 9.86. The van der Waals surface area contributed by atoms with Gasteiger partial charge in [0.2, 0.25) is 0 Å². The van der Waals surface area contributed by atoms with Gasteiger partial charge >= 0.3 is 24.1 Å². The number of aliphatic carboxylic acids is 1. The van der Waals surface area contributed by atoms with Gasteiger partial charge in [0.25, 0.3) is 0 Å². The Morgan fingerprint density at radius 1 is 0.900 bits per heavy atom. The number of hydrogen-bond acceptors (Lipinski definition) is 9. The molecule has 4 unspecified atom stereocenters. The summed E-state index contributed by atoms with van der Waals surface area (Å²) in [4.78, 5) is 49.5. The third-order valence-corrected chi connectivity index (χ3v) is 6.75. The molecule has 226 valence electrons. The molecular weight excluding hydrogens is 518 g/mol. The molecule has 10 nitrogen and oxygen atoms in total. The molecule has 3 N–H and O–H groups in total. The smallest absolute Gasteiger partial charge is 0.480 e. The van der Waals surface area contributed by atoms with Gasteiger partial charge < -0.3 is 29.8 Å². The van der Waals surface area contributed by atoms with Gasteiger partial charge in [-0.1, -0.05) is 66.9 Å². The third kappa shape index (κ3) is 11.5. The van der Waals surface area contributed by atoms with E-state index >= 15 is 0 Å². The Hall–Kier alpha value is -3.14. The summed E-state index contributed by atoms with van der Waals surface area (Å²) >= 11 is 0. The van der Waals surface area contributed by atoms with Gasteiger partial charge in [0, 0.05) is 12.8 Å². The molecule has 0 aliphatic rings. The van der Waals surface area contributed by atoms with Crippen molar-refractivity contribution in [3.63, 3.8) is 0 Å². The van der Waals surface area contributed by atoms with E-state index in [4.69, 9.17) is 24.7 Å². The molecule has 0 saturated heterocycles. The molecular formula is C30H47NO9. The molecule has 10 heteroatoms. The van der Waals surface area contributed by atoms with Gasteiger partial charge in [-0.3, -0.25) is 14.4 Å². The van der Waals surface area contributed by atoms with Gasteiger partial charge in [0.15, 0.2) is 11.5 Å². The molecule has 0 spiro atoms. The third-order valence-electron chi connectivity index (χ3n) is 6.75. The van der Waals surface area contributed by atoms with Gasteiger partial charge in [0.05, 0.1) is 18.4 Å². The summed E-state index contributed by atoms with van der Waals surface area (Å²) < 4.78 is 21.5. The highest BCUT2D eigenvalue weighted by Crippen LogP contribution is 2.32. The molecule has 40 heavy (non-hydrogen) atoms. The number of nitrogens with two attached hydrogens (primary N) is 1. The zero-order chi connectivity index (χ0) is 30.5. The standard InChI is InChI=1S/C30H47NO9/c1-8-11-20(5)26(32)39-24-14-13-23(15-25(24)40-27(33)21(6)12-9-2)17-30(31,28(34)35)16-22(7)38-29(36)37-18-19(4)10-3/h13-15,19-22H,8-12,16-18,31H2,1-7H3,(H,34,35)/t19?,20?,21?,22-,30?/m0/s1. The van der Waals surface area contributed by atoms with Crippen LogP contribution in [0.15, 0.2) is 18.2 Å². The average Bonchev–Trinajstić information content (AvgIpc) is 2.88. The summed E-state index contributed by atoms with van der Waals surface area (Å²) in [6, 6.07) is 4.49. The normalized spacial score (nSPS) is 15.6. The first-order chi connectivity index (χ1) is 18.8. The number of carbonyl (C=O) groups excluding carboxylic acids is 3. The van der Waals surface area contributed by atoms with E-state index in [2.05, 4.69) is 0 Å². The van der Waals surface area contributed by atoms with Crippen molar-refractivity contribution in [3.8, 4) is 11.5 Å². The molecule has 0 fully saturated rings. The minimum Gasteiger partial charge on any atom is -0.480 e. The van der Waals surface area contributed by atoms with Crippen molar-refractivity contribution in [2.45, 2.75) is 105 Å². The second-order valence-corrected chi connectivity index (χ2v) is 10.8. The van der Waals surface area contributed by atoms with Gasteiger partial charge in [-0.25, -0.2) is 4.79 Å². The van der Waals surface area contributed by atoms with Crippen molar-refractivity contribution < 1.29 is 43.2 Å². The number of hydrogen-bond donors (Lipinski definition) is 2. The average molecular weight is 566 g/mol. The van der Waals surface area contributed by atoms with E-state index in [-0.39, 0.29) is 48.7 Å². The Kier molecular flexibility index (Phi) is 14.7. The van der Waals surface area contributed by atoms with Crippen molar-refractivity contribution in [3.05, 3.63) is 23.8 Å². The van der Waals surface area contributed by atoms with Crippen molar-refractivity contribution in [1.82, 2.24) is 0 Å². The molecule has 0 bridgehead atoms. The lowest BCUT2D eigenvalue weighted by Crippen LogP contribution is -2.52. The van der Waals surface area contributed by atoms with Crippen molar-refractivity contribution >= 4 is 24.1 Å². The molecule has 1 aromatic rings. The lowest BCUT2D eigenvalue weighted by Gasteiger charge is -2.28. The van der Waals surface area contributed by atoms with E-state index in [9.17, 15) is 24.3 Å². The molecule has 0 amide bonds. The van der Waals surface area contributed by atoms with Crippen LogP contribution in [0.25, 0.3) is 0 Å². The predicted molar refractivity (Wildman–Crippen MR) is 150 cm³/mol. The fourth-order valence-corrected chi connectivity index (χ4v) is 4.03. The lowest BCUT2D eigenvalue weighted by molar-refractivity contribution is -0.145. The number of carboxylic acids is 1. The van der Waals surface area contributed by atoms with Crippen LogP contribution in [0.1, 0.15) is 92.6 Å². The molecule has 0 aromatic heterocycles. The predicted octanol–water partition coefficient (Wildman–Crippen LogP) is 5.67. The zero-order valence-corrected chi connectivity index (χ0v) is 25.0. The molecule has 5 atom stereocenters. The highest BCUT2D eigenvalue weighted by atomic mass is 16.7. The zero-order valence-electron chi connectivity index (χ0n) is 25.0. The fraction of sp³-hybridized carbons (Fsp3) is 0.667. The van der Waals surface area contributed by atoms with E-state index in [1.54, 1.807) is 19.9 Å². The molecule has 1 rings (SSSR count).